The SMILES string of the molecule is Cc1cccc(N2CCN(CC(N)C(N)=O)CC2)c1C. The maximum absolute atomic E-state index is 11.0. The number of amides is 1. The number of aryl methyl sites for hydroxylation is 1. The number of nitrogens with zero attached hydrogens (tertiary/aromatic N) is 2. The van der Waals surface area contributed by atoms with Crippen molar-refractivity contribution in [3.63, 3.8) is 0 Å². The van der Waals surface area contributed by atoms with E-state index in [-0.39, 0.29) is 0 Å². The van der Waals surface area contributed by atoms with Crippen LogP contribution >= 0.6 is 0 Å². The van der Waals surface area contributed by atoms with E-state index in [2.05, 4.69) is 41.8 Å². The molecule has 0 aromatic heterocycles. The van der Waals surface area contributed by atoms with E-state index in [4.69, 9.17) is 11.5 Å². The Bertz CT molecular complexity index is 481. The van der Waals surface area contributed by atoms with E-state index in [1.54, 1.807) is 0 Å². The minimum atomic E-state index is -0.567. The zero-order valence-corrected chi connectivity index (χ0v) is 12.3. The van der Waals surface area contributed by atoms with E-state index in [1.165, 1.54) is 16.8 Å². The van der Waals surface area contributed by atoms with E-state index in [1.807, 2.05) is 0 Å². The Morgan fingerprint density at radius 3 is 2.50 bits per heavy atom. The molecule has 5 heteroatoms. The van der Waals surface area contributed by atoms with Crippen LogP contribution in [0, 0.1) is 13.8 Å². The molecule has 20 heavy (non-hydrogen) atoms. The van der Waals surface area contributed by atoms with Crippen LogP contribution in [0.15, 0.2) is 18.2 Å². The van der Waals surface area contributed by atoms with Gasteiger partial charge in [-0.25, -0.2) is 0 Å². The first kappa shape index (κ1) is 14.8. The van der Waals surface area contributed by atoms with Crippen molar-refractivity contribution in [1.82, 2.24) is 4.90 Å². The van der Waals surface area contributed by atoms with E-state index >= 15 is 0 Å². The number of anilines is 1. The van der Waals surface area contributed by atoms with Crippen molar-refractivity contribution < 1.29 is 4.79 Å². The van der Waals surface area contributed by atoms with Gasteiger partial charge in [0.25, 0.3) is 0 Å². The van der Waals surface area contributed by atoms with Crippen molar-refractivity contribution in [1.29, 1.82) is 0 Å². The third kappa shape index (κ3) is 3.29. The standard InChI is InChI=1S/C15H24N4O/c1-11-4-3-5-14(12(11)2)19-8-6-18(7-9-19)10-13(16)15(17)20/h3-5,13H,6-10,16H2,1-2H3,(H2,17,20). The highest BCUT2D eigenvalue weighted by molar-refractivity contribution is 5.79. The number of rotatable bonds is 4. The second-order valence-electron chi connectivity index (χ2n) is 5.52. The van der Waals surface area contributed by atoms with Crippen molar-refractivity contribution in [3.05, 3.63) is 29.3 Å². The molecule has 1 aliphatic rings. The first-order valence-electron chi connectivity index (χ1n) is 7.07. The third-order valence-corrected chi connectivity index (χ3v) is 4.11. The molecule has 1 unspecified atom stereocenters. The molecule has 1 atom stereocenters. The summed E-state index contributed by atoms with van der Waals surface area (Å²) >= 11 is 0. The van der Waals surface area contributed by atoms with Crippen LogP contribution < -0.4 is 16.4 Å². The molecule has 1 aromatic rings. The number of carbonyl (C=O) groups is 1. The highest BCUT2D eigenvalue weighted by Gasteiger charge is 2.21. The maximum atomic E-state index is 11.0. The predicted octanol–water partition coefficient (Wildman–Crippen LogP) is 0.238. The van der Waals surface area contributed by atoms with E-state index < -0.39 is 11.9 Å². The zero-order valence-electron chi connectivity index (χ0n) is 12.3. The van der Waals surface area contributed by atoms with Crippen LogP contribution in [0.3, 0.4) is 0 Å². The topological polar surface area (TPSA) is 75.6 Å². The Morgan fingerprint density at radius 2 is 1.90 bits per heavy atom. The summed E-state index contributed by atoms with van der Waals surface area (Å²) in [5, 5.41) is 0. The van der Waals surface area contributed by atoms with Gasteiger partial charge in [-0.15, -0.1) is 0 Å². The van der Waals surface area contributed by atoms with Crippen LogP contribution in [0.1, 0.15) is 11.1 Å². The number of nitrogens with two attached hydrogens (primary N) is 2. The van der Waals surface area contributed by atoms with E-state index in [0.29, 0.717) is 6.54 Å². The first-order valence-corrected chi connectivity index (χ1v) is 7.07. The summed E-state index contributed by atoms with van der Waals surface area (Å²) in [5.41, 5.74) is 14.9. The number of primary amides is 1. The fourth-order valence-corrected chi connectivity index (χ4v) is 2.62. The van der Waals surface area contributed by atoms with Crippen LogP contribution in [0.4, 0.5) is 5.69 Å². The third-order valence-electron chi connectivity index (χ3n) is 4.11. The van der Waals surface area contributed by atoms with Gasteiger partial charge in [-0.05, 0) is 31.0 Å². The van der Waals surface area contributed by atoms with Crippen molar-refractivity contribution in [3.8, 4) is 0 Å². The molecule has 0 bridgehead atoms. The lowest BCUT2D eigenvalue weighted by atomic mass is 10.1. The molecule has 5 nitrogen and oxygen atoms in total. The molecule has 1 amide bonds. The Morgan fingerprint density at radius 1 is 1.25 bits per heavy atom. The smallest absolute Gasteiger partial charge is 0.235 e. The monoisotopic (exact) mass is 276 g/mol. The second-order valence-corrected chi connectivity index (χ2v) is 5.52. The molecule has 0 spiro atoms. The molecule has 0 saturated carbocycles. The van der Waals surface area contributed by atoms with Gasteiger partial charge in [0.2, 0.25) is 5.91 Å². The molecule has 1 saturated heterocycles. The summed E-state index contributed by atoms with van der Waals surface area (Å²) in [6, 6.07) is 5.85. The maximum Gasteiger partial charge on any atom is 0.235 e. The first-order chi connectivity index (χ1) is 9.49. The van der Waals surface area contributed by atoms with Crippen LogP contribution in [0.2, 0.25) is 0 Å². The van der Waals surface area contributed by atoms with Crippen molar-refractivity contribution >= 4 is 11.6 Å². The Kier molecular flexibility index (Phi) is 4.62. The van der Waals surface area contributed by atoms with Gasteiger partial charge in [0.05, 0.1) is 6.04 Å². The fourth-order valence-electron chi connectivity index (χ4n) is 2.62. The summed E-state index contributed by atoms with van der Waals surface area (Å²) in [5.74, 6) is -0.429. The minimum absolute atomic E-state index is 0.429. The summed E-state index contributed by atoms with van der Waals surface area (Å²) in [7, 11) is 0. The van der Waals surface area contributed by atoms with Crippen molar-refractivity contribution in [2.45, 2.75) is 19.9 Å². The van der Waals surface area contributed by atoms with Gasteiger partial charge in [0.1, 0.15) is 0 Å². The Balaban J connectivity index is 1.94. The second kappa shape index (κ2) is 6.24. The van der Waals surface area contributed by atoms with Crippen LogP contribution in [0.5, 0.6) is 0 Å². The summed E-state index contributed by atoms with van der Waals surface area (Å²) in [4.78, 5) is 15.6. The van der Waals surface area contributed by atoms with Gasteiger partial charge in [-0.3, -0.25) is 9.69 Å². The molecule has 0 radical (unpaired) electrons. The summed E-state index contributed by atoms with van der Waals surface area (Å²) < 4.78 is 0. The van der Waals surface area contributed by atoms with Gasteiger partial charge >= 0.3 is 0 Å². The number of hydrogen-bond donors (Lipinski definition) is 2. The highest BCUT2D eigenvalue weighted by Crippen LogP contribution is 2.23. The Labute approximate surface area is 120 Å². The molecule has 1 fully saturated rings. The lowest BCUT2D eigenvalue weighted by Crippen LogP contribution is -2.52. The number of hydrogen-bond acceptors (Lipinski definition) is 4. The van der Waals surface area contributed by atoms with Crippen LogP contribution in [-0.2, 0) is 4.79 Å². The van der Waals surface area contributed by atoms with E-state index in [0.717, 1.165) is 26.2 Å². The van der Waals surface area contributed by atoms with Crippen LogP contribution in [-0.4, -0.2) is 49.6 Å². The highest BCUT2D eigenvalue weighted by atomic mass is 16.1. The lowest BCUT2D eigenvalue weighted by Gasteiger charge is -2.37. The van der Waals surface area contributed by atoms with Crippen LogP contribution in [0.25, 0.3) is 0 Å². The summed E-state index contributed by atoms with van der Waals surface area (Å²) in [6.07, 6.45) is 0. The van der Waals surface area contributed by atoms with Crippen molar-refractivity contribution in [2.75, 3.05) is 37.6 Å². The molecular weight excluding hydrogens is 252 g/mol. The largest absolute Gasteiger partial charge is 0.369 e. The fraction of sp³-hybridized carbons (Fsp3) is 0.533. The van der Waals surface area contributed by atoms with Gasteiger partial charge < -0.3 is 16.4 Å². The van der Waals surface area contributed by atoms with Gasteiger partial charge in [-0.2, -0.15) is 0 Å². The minimum Gasteiger partial charge on any atom is -0.369 e. The normalized spacial score (nSPS) is 18.1. The van der Waals surface area contributed by atoms with Crippen molar-refractivity contribution in [2.24, 2.45) is 11.5 Å². The van der Waals surface area contributed by atoms with E-state index in [9.17, 15) is 4.79 Å². The molecule has 1 heterocycles. The molecule has 110 valence electrons. The van der Waals surface area contributed by atoms with Gasteiger partial charge in [0.15, 0.2) is 0 Å². The number of benzene rings is 1. The number of piperazine rings is 1. The average molecular weight is 276 g/mol. The molecular formula is C15H24N4O. The van der Waals surface area contributed by atoms with Gasteiger partial charge in [0, 0.05) is 38.4 Å². The number of carbonyl (C=O) groups excluding carboxylic acids is 1. The molecule has 2 rings (SSSR count). The molecule has 1 aliphatic heterocycles. The lowest BCUT2D eigenvalue weighted by molar-refractivity contribution is -0.119. The predicted molar refractivity (Wildman–Crippen MR) is 81.7 cm³/mol. The average Bonchev–Trinajstić information content (AvgIpc) is 2.43. The molecule has 1 aromatic carbocycles. The quantitative estimate of drug-likeness (QED) is 0.826. The zero-order chi connectivity index (χ0) is 14.7. The van der Waals surface area contributed by atoms with Gasteiger partial charge in [-0.1, -0.05) is 12.1 Å². The Hall–Kier alpha value is -1.59. The molecule has 0 aliphatic carbocycles. The molecule has 4 N–H and O–H groups in total. The summed E-state index contributed by atoms with van der Waals surface area (Å²) in [6.45, 7) is 8.59.